The maximum atomic E-state index is 4.37. The molecule has 0 spiro atoms. The molecule has 0 radical (unpaired) electrons. The molecule has 13 heavy (non-hydrogen) atoms. The Labute approximate surface area is 78.8 Å². The zero-order valence-corrected chi connectivity index (χ0v) is 8.41. The number of imidazole rings is 1. The third-order valence-corrected chi connectivity index (χ3v) is 1.81. The Hall–Kier alpha value is -1.38. The lowest BCUT2D eigenvalue weighted by molar-refractivity contribution is 0.852. The fraction of sp³-hybridized carbons (Fsp3) is 0.400. The first-order chi connectivity index (χ1) is 6.17. The third kappa shape index (κ3) is 2.28. The highest BCUT2D eigenvalue weighted by Crippen LogP contribution is 2.04. The Balaban J connectivity index is 3.06. The van der Waals surface area contributed by atoms with E-state index < -0.39 is 0 Å². The van der Waals surface area contributed by atoms with Crippen LogP contribution in [0.25, 0.3) is 6.08 Å². The average Bonchev–Trinajstić information content (AvgIpc) is 2.46. The van der Waals surface area contributed by atoms with E-state index in [1.165, 1.54) is 0 Å². The van der Waals surface area contributed by atoms with Gasteiger partial charge in [-0.3, -0.25) is 0 Å². The van der Waals surface area contributed by atoms with E-state index in [0.29, 0.717) is 0 Å². The molecule has 0 amide bonds. The number of nitrogens with zero attached hydrogens (tertiary/aromatic N) is 3. The summed E-state index contributed by atoms with van der Waals surface area (Å²) in [5.41, 5.74) is 2.04. The van der Waals surface area contributed by atoms with Gasteiger partial charge in [-0.25, -0.2) is 9.66 Å². The Morgan fingerprint density at radius 3 is 3.00 bits per heavy atom. The van der Waals surface area contributed by atoms with E-state index >= 15 is 0 Å². The van der Waals surface area contributed by atoms with Crippen LogP contribution in [-0.2, 0) is 0 Å². The van der Waals surface area contributed by atoms with Gasteiger partial charge in [0.2, 0.25) is 0 Å². The normalized spacial score (nSPS) is 11.8. The molecule has 70 valence electrons. The summed E-state index contributed by atoms with van der Waals surface area (Å²) in [6.45, 7) is 9.71. The zero-order valence-electron chi connectivity index (χ0n) is 8.41. The largest absolute Gasteiger partial charge is 0.232 e. The molecule has 0 saturated heterocycles. The van der Waals surface area contributed by atoms with Gasteiger partial charge in [0.15, 0.2) is 5.82 Å². The molecule has 1 rings (SSSR count). The van der Waals surface area contributed by atoms with E-state index in [9.17, 15) is 0 Å². The summed E-state index contributed by atoms with van der Waals surface area (Å²) >= 11 is 0. The first-order valence-corrected chi connectivity index (χ1v) is 4.40. The quantitative estimate of drug-likeness (QED) is 0.652. The Bertz CT molecular complexity index is 334. The third-order valence-electron chi connectivity index (χ3n) is 1.81. The molecule has 1 heterocycles. The highest BCUT2D eigenvalue weighted by atomic mass is 15.4. The van der Waals surface area contributed by atoms with E-state index in [2.05, 4.69) is 23.6 Å². The molecule has 0 aliphatic rings. The van der Waals surface area contributed by atoms with Crippen LogP contribution in [0.5, 0.6) is 0 Å². The van der Waals surface area contributed by atoms with Crippen LogP contribution in [0.1, 0.15) is 31.8 Å². The number of hydrogen-bond acceptors (Lipinski definition) is 2. The van der Waals surface area contributed by atoms with Crippen molar-refractivity contribution in [1.29, 1.82) is 0 Å². The highest BCUT2D eigenvalue weighted by Gasteiger charge is 1.99. The van der Waals surface area contributed by atoms with E-state index in [4.69, 9.17) is 0 Å². The van der Waals surface area contributed by atoms with Crippen molar-refractivity contribution in [3.05, 3.63) is 24.3 Å². The second-order valence-electron chi connectivity index (χ2n) is 2.98. The lowest BCUT2D eigenvalue weighted by Gasteiger charge is -1.98. The van der Waals surface area contributed by atoms with Crippen LogP contribution in [-0.4, -0.2) is 15.4 Å². The molecule has 0 atom stereocenters. The van der Waals surface area contributed by atoms with Crippen molar-refractivity contribution >= 4 is 11.8 Å². The van der Waals surface area contributed by atoms with Crippen LogP contribution in [0.2, 0.25) is 0 Å². The molecule has 0 saturated carbocycles. The Kier molecular flexibility index (Phi) is 3.01. The molecule has 1 aromatic heterocycles. The van der Waals surface area contributed by atoms with Crippen molar-refractivity contribution in [2.75, 3.05) is 0 Å². The topological polar surface area (TPSA) is 30.2 Å². The number of aryl methyl sites for hydroxylation is 1. The van der Waals surface area contributed by atoms with Gasteiger partial charge in [0.25, 0.3) is 0 Å². The van der Waals surface area contributed by atoms with Crippen molar-refractivity contribution in [3.63, 3.8) is 0 Å². The minimum Gasteiger partial charge on any atom is -0.232 e. The Morgan fingerprint density at radius 1 is 1.77 bits per heavy atom. The summed E-state index contributed by atoms with van der Waals surface area (Å²) in [6.07, 6.45) is 4.56. The first-order valence-electron chi connectivity index (χ1n) is 4.40. The van der Waals surface area contributed by atoms with E-state index in [1.807, 2.05) is 20.0 Å². The number of hydrogen-bond donors (Lipinski definition) is 0. The van der Waals surface area contributed by atoms with Crippen LogP contribution in [0, 0.1) is 6.92 Å². The molecule has 0 aliphatic carbocycles. The molecule has 0 aromatic carbocycles. The lowest BCUT2D eigenvalue weighted by Crippen LogP contribution is -1.96. The van der Waals surface area contributed by atoms with Gasteiger partial charge in [0, 0.05) is 5.71 Å². The van der Waals surface area contributed by atoms with Gasteiger partial charge in [-0.15, -0.1) is 0 Å². The molecule has 0 N–H and O–H groups in total. The van der Waals surface area contributed by atoms with E-state index in [0.717, 1.165) is 23.7 Å². The molecular weight excluding hydrogens is 162 g/mol. The van der Waals surface area contributed by atoms with Gasteiger partial charge in [0.05, 0.1) is 11.9 Å². The van der Waals surface area contributed by atoms with Crippen molar-refractivity contribution in [2.45, 2.75) is 27.2 Å². The standard InChI is InChI=1S/C10H15N3/c1-5-8(3)12-13-7-9(4)11-10(13)6-2/h6-7H,2,5H2,1,3-4H3/b12-8-. The summed E-state index contributed by atoms with van der Waals surface area (Å²) in [7, 11) is 0. The van der Waals surface area contributed by atoms with Crippen LogP contribution in [0.3, 0.4) is 0 Å². The fourth-order valence-electron chi connectivity index (χ4n) is 0.978. The second kappa shape index (κ2) is 4.03. The summed E-state index contributed by atoms with van der Waals surface area (Å²) in [5.74, 6) is 0.797. The average molecular weight is 177 g/mol. The predicted octanol–water partition coefficient (Wildman–Crippen LogP) is 2.47. The van der Waals surface area contributed by atoms with Gasteiger partial charge in [-0.05, 0) is 26.3 Å². The minimum absolute atomic E-state index is 0.797. The molecule has 0 aliphatic heterocycles. The molecule has 0 bridgehead atoms. The van der Waals surface area contributed by atoms with Crippen molar-refractivity contribution in [3.8, 4) is 0 Å². The predicted molar refractivity (Wildman–Crippen MR) is 55.9 cm³/mol. The van der Waals surface area contributed by atoms with Crippen LogP contribution in [0.15, 0.2) is 17.9 Å². The van der Waals surface area contributed by atoms with Crippen molar-refractivity contribution < 1.29 is 0 Å². The maximum absolute atomic E-state index is 4.37. The van der Waals surface area contributed by atoms with Gasteiger partial charge in [-0.2, -0.15) is 5.10 Å². The minimum atomic E-state index is 0.797. The molecule has 3 heteroatoms. The van der Waals surface area contributed by atoms with Crippen molar-refractivity contribution in [2.24, 2.45) is 5.10 Å². The lowest BCUT2D eigenvalue weighted by atomic mass is 10.3. The summed E-state index contributed by atoms with van der Waals surface area (Å²) in [5, 5.41) is 4.37. The molecule has 1 aromatic rings. The number of rotatable bonds is 3. The molecule has 0 unspecified atom stereocenters. The monoisotopic (exact) mass is 177 g/mol. The van der Waals surface area contributed by atoms with Gasteiger partial charge in [-0.1, -0.05) is 13.5 Å². The molecule has 0 fully saturated rings. The first kappa shape index (κ1) is 9.71. The maximum Gasteiger partial charge on any atom is 0.153 e. The fourth-order valence-corrected chi connectivity index (χ4v) is 0.978. The van der Waals surface area contributed by atoms with Crippen LogP contribution < -0.4 is 0 Å². The highest BCUT2D eigenvalue weighted by molar-refractivity contribution is 5.81. The van der Waals surface area contributed by atoms with Gasteiger partial charge >= 0.3 is 0 Å². The zero-order chi connectivity index (χ0) is 9.84. The van der Waals surface area contributed by atoms with Crippen LogP contribution in [0.4, 0.5) is 0 Å². The Morgan fingerprint density at radius 2 is 2.46 bits per heavy atom. The summed E-state index contributed by atoms with van der Waals surface area (Å²) < 4.78 is 1.77. The SMILES string of the molecule is C=Cc1nc(C)cn1/N=C(/C)CC. The number of aromatic nitrogens is 2. The summed E-state index contributed by atoms with van der Waals surface area (Å²) in [6, 6.07) is 0. The second-order valence-corrected chi connectivity index (χ2v) is 2.98. The van der Waals surface area contributed by atoms with Crippen LogP contribution >= 0.6 is 0 Å². The smallest absolute Gasteiger partial charge is 0.153 e. The summed E-state index contributed by atoms with van der Waals surface area (Å²) in [4.78, 5) is 4.25. The van der Waals surface area contributed by atoms with Crippen molar-refractivity contribution in [1.82, 2.24) is 9.66 Å². The van der Waals surface area contributed by atoms with E-state index in [-0.39, 0.29) is 0 Å². The molecular formula is C10H15N3. The van der Waals surface area contributed by atoms with E-state index in [1.54, 1.807) is 10.8 Å². The van der Waals surface area contributed by atoms with Gasteiger partial charge in [0.1, 0.15) is 0 Å². The van der Waals surface area contributed by atoms with Gasteiger partial charge < -0.3 is 0 Å². The molecule has 3 nitrogen and oxygen atoms in total.